The van der Waals surface area contributed by atoms with Crippen LogP contribution >= 0.6 is 35.3 Å². The Morgan fingerprint density at radius 1 is 1.42 bits per heavy atom. The van der Waals surface area contributed by atoms with E-state index in [9.17, 15) is 4.79 Å². The number of thiophene rings is 1. The molecule has 0 fully saturated rings. The number of likely N-dealkylation sites (N-methyl/N-ethyl adjacent to an activating group) is 1. The minimum atomic E-state index is -0.252. The molecule has 0 amide bonds. The van der Waals surface area contributed by atoms with Gasteiger partial charge in [-0.05, 0) is 56.7 Å². The third kappa shape index (κ3) is 3.62. The molecule has 0 radical (unpaired) electrons. The van der Waals surface area contributed by atoms with Crippen LogP contribution in [0.15, 0.2) is 17.7 Å². The van der Waals surface area contributed by atoms with Crippen LogP contribution in [-0.4, -0.2) is 31.1 Å². The maximum atomic E-state index is 11.9. The van der Waals surface area contributed by atoms with E-state index >= 15 is 0 Å². The van der Waals surface area contributed by atoms with Crippen LogP contribution in [0.3, 0.4) is 0 Å². The molecule has 0 aliphatic carbocycles. The summed E-state index contributed by atoms with van der Waals surface area (Å²) >= 11 is 8.15. The van der Waals surface area contributed by atoms with Gasteiger partial charge in [0, 0.05) is 38.6 Å². The molecule has 2 aromatic rings. The van der Waals surface area contributed by atoms with Gasteiger partial charge in [0.2, 0.25) is 0 Å². The summed E-state index contributed by atoms with van der Waals surface area (Å²) in [7, 11) is 2.12. The average molecular weight is 386 g/mol. The predicted octanol–water partition coefficient (Wildman–Crippen LogP) is 4.93. The highest BCUT2D eigenvalue weighted by molar-refractivity contribution is 7.20. The molecule has 0 N–H and O–H groups in total. The Balaban J connectivity index is 0.00000208. The number of rotatable bonds is 3. The fraction of sp³-hybridized carbons (Fsp3) is 0.389. The Morgan fingerprint density at radius 3 is 2.88 bits per heavy atom. The number of benzene rings is 1. The van der Waals surface area contributed by atoms with E-state index in [0.29, 0.717) is 12.2 Å². The van der Waals surface area contributed by atoms with Gasteiger partial charge in [0.25, 0.3) is 0 Å². The summed E-state index contributed by atoms with van der Waals surface area (Å²) < 4.78 is 6.33. The Labute approximate surface area is 157 Å². The normalized spacial score (nSPS) is 15.1. The molecule has 2 heterocycles. The smallest absolute Gasteiger partial charge is 0.333 e. The predicted molar refractivity (Wildman–Crippen MR) is 104 cm³/mol. The van der Waals surface area contributed by atoms with Crippen LogP contribution in [0.1, 0.15) is 29.9 Å². The molecule has 1 aliphatic heterocycles. The standard InChI is InChI=1S/C18H20ClNO2S.ClH/c1-4-22-18(21)11(2)9-16-13-10-20(3)8-7-12-14(19)5-6-15(23-16)17(12)13;/h5-6,9H,4,7-8,10H2,1-3H3;1H/b11-9+;. The average Bonchev–Trinajstić information content (AvgIpc) is 2.73. The highest BCUT2D eigenvalue weighted by Crippen LogP contribution is 2.40. The number of hydrogen-bond donors (Lipinski definition) is 0. The first kappa shape index (κ1) is 19.3. The molecule has 0 unspecified atom stereocenters. The largest absolute Gasteiger partial charge is 0.463 e. The second-order valence-electron chi connectivity index (χ2n) is 5.88. The van der Waals surface area contributed by atoms with Crippen molar-refractivity contribution >= 4 is 57.5 Å². The van der Waals surface area contributed by atoms with Crippen LogP contribution in [-0.2, 0) is 22.5 Å². The molecule has 0 spiro atoms. The van der Waals surface area contributed by atoms with Crippen molar-refractivity contribution in [3.8, 4) is 0 Å². The molecular weight excluding hydrogens is 365 g/mol. The summed E-state index contributed by atoms with van der Waals surface area (Å²) in [4.78, 5) is 15.3. The van der Waals surface area contributed by atoms with Crippen LogP contribution in [0.4, 0.5) is 0 Å². The second-order valence-corrected chi connectivity index (χ2v) is 7.37. The Hall–Kier alpha value is -1.07. The molecule has 6 heteroatoms. The molecular formula is C18H21Cl2NO2S. The summed E-state index contributed by atoms with van der Waals surface area (Å²) in [6, 6.07) is 4.06. The van der Waals surface area contributed by atoms with Crippen molar-refractivity contribution in [1.29, 1.82) is 0 Å². The zero-order chi connectivity index (χ0) is 16.6. The molecule has 1 aromatic carbocycles. The minimum absolute atomic E-state index is 0. The van der Waals surface area contributed by atoms with Gasteiger partial charge in [-0.3, -0.25) is 0 Å². The Kier molecular flexibility index (Phi) is 6.32. The van der Waals surface area contributed by atoms with E-state index in [1.165, 1.54) is 21.2 Å². The quantitative estimate of drug-likeness (QED) is 0.553. The van der Waals surface area contributed by atoms with Gasteiger partial charge in [-0.1, -0.05) is 11.6 Å². The molecule has 1 aromatic heterocycles. The van der Waals surface area contributed by atoms with E-state index in [0.717, 1.165) is 29.4 Å². The van der Waals surface area contributed by atoms with Gasteiger partial charge < -0.3 is 9.64 Å². The van der Waals surface area contributed by atoms with Gasteiger partial charge in [0.1, 0.15) is 0 Å². The molecule has 0 atom stereocenters. The number of hydrogen-bond acceptors (Lipinski definition) is 4. The topological polar surface area (TPSA) is 29.5 Å². The van der Waals surface area contributed by atoms with Crippen molar-refractivity contribution in [1.82, 2.24) is 4.90 Å². The lowest BCUT2D eigenvalue weighted by Gasteiger charge is -2.13. The fourth-order valence-corrected chi connectivity index (χ4v) is 4.49. The molecule has 24 heavy (non-hydrogen) atoms. The lowest BCUT2D eigenvalue weighted by molar-refractivity contribution is -0.138. The summed E-state index contributed by atoms with van der Waals surface area (Å²) in [6.45, 7) is 5.88. The van der Waals surface area contributed by atoms with E-state index in [2.05, 4.69) is 18.0 Å². The van der Waals surface area contributed by atoms with Crippen LogP contribution < -0.4 is 0 Å². The fourth-order valence-electron chi connectivity index (χ4n) is 2.99. The monoisotopic (exact) mass is 385 g/mol. The highest BCUT2D eigenvalue weighted by Gasteiger charge is 2.21. The van der Waals surface area contributed by atoms with Gasteiger partial charge >= 0.3 is 5.97 Å². The first-order valence-electron chi connectivity index (χ1n) is 7.78. The van der Waals surface area contributed by atoms with Crippen molar-refractivity contribution in [3.05, 3.63) is 38.7 Å². The van der Waals surface area contributed by atoms with Gasteiger partial charge in [0.15, 0.2) is 0 Å². The van der Waals surface area contributed by atoms with Crippen LogP contribution in [0.5, 0.6) is 0 Å². The Morgan fingerprint density at radius 2 is 2.17 bits per heavy atom. The van der Waals surface area contributed by atoms with E-state index < -0.39 is 0 Å². The molecule has 130 valence electrons. The third-order valence-electron chi connectivity index (χ3n) is 4.15. The van der Waals surface area contributed by atoms with E-state index in [-0.39, 0.29) is 18.4 Å². The lowest BCUT2D eigenvalue weighted by atomic mass is 10.0. The zero-order valence-corrected chi connectivity index (χ0v) is 16.4. The van der Waals surface area contributed by atoms with Crippen molar-refractivity contribution in [2.45, 2.75) is 26.8 Å². The van der Waals surface area contributed by atoms with Gasteiger partial charge in [-0.2, -0.15) is 0 Å². The van der Waals surface area contributed by atoms with Crippen LogP contribution in [0, 0.1) is 0 Å². The molecule has 3 nitrogen and oxygen atoms in total. The molecule has 3 rings (SSSR count). The summed E-state index contributed by atoms with van der Waals surface area (Å²) in [6.07, 6.45) is 2.91. The first-order valence-corrected chi connectivity index (χ1v) is 8.97. The van der Waals surface area contributed by atoms with Crippen molar-refractivity contribution in [2.24, 2.45) is 0 Å². The van der Waals surface area contributed by atoms with E-state index in [4.69, 9.17) is 16.3 Å². The minimum Gasteiger partial charge on any atom is -0.463 e. The van der Waals surface area contributed by atoms with E-state index in [1.807, 2.05) is 26.0 Å². The lowest BCUT2D eigenvalue weighted by Crippen LogP contribution is -2.18. The van der Waals surface area contributed by atoms with Crippen molar-refractivity contribution in [3.63, 3.8) is 0 Å². The zero-order valence-electron chi connectivity index (χ0n) is 14.0. The number of nitrogens with zero attached hydrogens (tertiary/aromatic N) is 1. The summed E-state index contributed by atoms with van der Waals surface area (Å²) in [5.74, 6) is -0.252. The molecule has 0 saturated heterocycles. The van der Waals surface area contributed by atoms with Crippen LogP contribution in [0.25, 0.3) is 16.2 Å². The SMILES string of the molecule is CCOC(=O)/C(C)=C/c1sc2ccc(Cl)c3c2c1CN(C)CC3.Cl. The third-order valence-corrected chi connectivity index (χ3v) is 5.65. The summed E-state index contributed by atoms with van der Waals surface area (Å²) in [5, 5.41) is 2.11. The van der Waals surface area contributed by atoms with Gasteiger partial charge in [0.05, 0.1) is 6.61 Å². The number of esters is 1. The highest BCUT2D eigenvalue weighted by atomic mass is 35.5. The maximum Gasteiger partial charge on any atom is 0.333 e. The van der Waals surface area contributed by atoms with Gasteiger partial charge in [-0.25, -0.2) is 4.79 Å². The van der Waals surface area contributed by atoms with Crippen LogP contribution in [0.2, 0.25) is 5.02 Å². The van der Waals surface area contributed by atoms with E-state index in [1.54, 1.807) is 11.3 Å². The summed E-state index contributed by atoms with van der Waals surface area (Å²) in [5.41, 5.74) is 3.13. The van der Waals surface area contributed by atoms with Gasteiger partial charge in [-0.15, -0.1) is 23.7 Å². The number of carbonyl (C=O) groups excluding carboxylic acids is 1. The Bertz CT molecular complexity index is 798. The second kappa shape index (κ2) is 7.87. The number of halogens is 2. The van der Waals surface area contributed by atoms with Crippen molar-refractivity contribution < 1.29 is 9.53 Å². The molecule has 0 bridgehead atoms. The first-order chi connectivity index (χ1) is 11.0. The van der Waals surface area contributed by atoms with Crippen molar-refractivity contribution in [2.75, 3.05) is 20.2 Å². The number of ether oxygens (including phenoxy) is 1. The maximum absolute atomic E-state index is 11.9. The molecule has 1 aliphatic rings. The number of carbonyl (C=O) groups is 1. The molecule has 0 saturated carbocycles.